The molecule has 174 valence electrons. The highest BCUT2D eigenvalue weighted by molar-refractivity contribution is 7.89. The molecule has 0 fully saturated rings. The molecule has 1 atom stereocenters. The van der Waals surface area contributed by atoms with E-state index in [2.05, 4.69) is 43.4 Å². The molecule has 0 bridgehead atoms. The Hall–Kier alpha value is -1.67. The van der Waals surface area contributed by atoms with Gasteiger partial charge in [-0.15, -0.1) is 0 Å². The van der Waals surface area contributed by atoms with Gasteiger partial charge >= 0.3 is 0 Å². The standard InChI is InChI=1S/C25H37BN2O3S/c1-5-19-14-22(26)10-11-24(19)32(30,31)28(4)17-23(29)16-27-25(2,3)15-18-12-20-8-6-7-9-21(20)13-18/h6-11,14,18,23,27,29H,5,12-13,15-17,26H2,1-4H3/t23-/m1/s1. The Bertz CT molecular complexity index is 1010. The maximum absolute atomic E-state index is 13.1. The average molecular weight is 456 g/mol. The third kappa shape index (κ3) is 6.01. The first-order valence-electron chi connectivity index (χ1n) is 11.6. The lowest BCUT2D eigenvalue weighted by atomic mass is 9.88. The lowest BCUT2D eigenvalue weighted by Crippen LogP contribution is -2.47. The number of nitrogens with one attached hydrogen (secondary N) is 1. The van der Waals surface area contributed by atoms with Crippen molar-refractivity contribution in [1.82, 2.24) is 9.62 Å². The molecule has 0 spiro atoms. The normalized spacial score (nSPS) is 15.8. The van der Waals surface area contributed by atoms with Crippen LogP contribution in [0.5, 0.6) is 0 Å². The van der Waals surface area contributed by atoms with Crippen LogP contribution in [-0.4, -0.2) is 57.5 Å². The van der Waals surface area contributed by atoms with Gasteiger partial charge in [0.15, 0.2) is 0 Å². The molecule has 0 aromatic heterocycles. The molecular formula is C25H37BN2O3S. The van der Waals surface area contributed by atoms with Crippen LogP contribution in [0.3, 0.4) is 0 Å². The molecule has 2 N–H and O–H groups in total. The molecule has 2 aromatic rings. The van der Waals surface area contributed by atoms with Crippen LogP contribution in [-0.2, 0) is 29.3 Å². The van der Waals surface area contributed by atoms with Crippen LogP contribution in [0.4, 0.5) is 0 Å². The summed E-state index contributed by atoms with van der Waals surface area (Å²) in [6.45, 7) is 6.67. The summed E-state index contributed by atoms with van der Waals surface area (Å²) in [5, 5.41) is 14.1. The smallest absolute Gasteiger partial charge is 0.243 e. The number of aliphatic hydroxyl groups is 1. The molecule has 0 heterocycles. The Morgan fingerprint density at radius 1 is 1.19 bits per heavy atom. The van der Waals surface area contributed by atoms with Crippen molar-refractivity contribution in [3.8, 4) is 0 Å². The molecule has 0 saturated heterocycles. The number of β-amino-alcohol motifs (C(OH)–C–C–N with tert-alkyl or cyclic N) is 1. The van der Waals surface area contributed by atoms with E-state index in [-0.39, 0.29) is 12.1 Å². The minimum Gasteiger partial charge on any atom is -0.390 e. The van der Waals surface area contributed by atoms with Gasteiger partial charge in [-0.2, -0.15) is 4.31 Å². The molecule has 2 aromatic carbocycles. The second-order valence-electron chi connectivity index (χ2n) is 9.92. The van der Waals surface area contributed by atoms with Gasteiger partial charge in [0, 0.05) is 25.7 Å². The lowest BCUT2D eigenvalue weighted by molar-refractivity contribution is 0.135. The average Bonchev–Trinajstić information content (AvgIpc) is 3.13. The summed E-state index contributed by atoms with van der Waals surface area (Å²) < 4.78 is 27.5. The molecule has 7 heteroatoms. The Morgan fingerprint density at radius 2 is 1.81 bits per heavy atom. The number of sulfonamides is 1. The number of aliphatic hydroxyl groups excluding tert-OH is 1. The van der Waals surface area contributed by atoms with E-state index in [0.29, 0.717) is 23.8 Å². The van der Waals surface area contributed by atoms with E-state index in [9.17, 15) is 13.5 Å². The van der Waals surface area contributed by atoms with Crippen LogP contribution < -0.4 is 10.8 Å². The quantitative estimate of drug-likeness (QED) is 0.534. The zero-order valence-electron chi connectivity index (χ0n) is 20.1. The molecule has 0 amide bonds. The molecule has 0 unspecified atom stereocenters. The number of likely N-dealkylation sites (N-methyl/N-ethyl adjacent to an activating group) is 1. The Balaban J connectivity index is 1.54. The largest absolute Gasteiger partial charge is 0.390 e. The molecular weight excluding hydrogens is 419 g/mol. The third-order valence-electron chi connectivity index (χ3n) is 6.50. The Morgan fingerprint density at radius 3 is 2.41 bits per heavy atom. The van der Waals surface area contributed by atoms with Crippen LogP contribution in [0.15, 0.2) is 47.4 Å². The van der Waals surface area contributed by atoms with Crippen LogP contribution in [0.2, 0.25) is 0 Å². The molecule has 5 nitrogen and oxygen atoms in total. The fraction of sp³-hybridized carbons (Fsp3) is 0.520. The maximum Gasteiger partial charge on any atom is 0.243 e. The zero-order valence-corrected chi connectivity index (χ0v) is 20.9. The minimum atomic E-state index is -3.65. The molecule has 32 heavy (non-hydrogen) atoms. The summed E-state index contributed by atoms with van der Waals surface area (Å²) in [6.07, 6.45) is 3.06. The number of hydrogen-bond donors (Lipinski definition) is 2. The SMILES string of the molecule is Bc1ccc(S(=O)(=O)N(C)C[C@H](O)CNC(C)(C)CC2Cc3ccccc3C2)c(CC)c1. The number of nitrogens with zero attached hydrogens (tertiary/aromatic N) is 1. The fourth-order valence-electron chi connectivity index (χ4n) is 4.85. The first kappa shape index (κ1) is 25.0. The van der Waals surface area contributed by atoms with Gasteiger partial charge in [-0.05, 0) is 68.2 Å². The molecule has 0 saturated carbocycles. The van der Waals surface area contributed by atoms with Crippen LogP contribution in [0.1, 0.15) is 43.9 Å². The summed E-state index contributed by atoms with van der Waals surface area (Å²) in [5.41, 5.74) is 4.60. The minimum absolute atomic E-state index is 0.0529. The molecule has 3 rings (SSSR count). The number of hydrogen-bond acceptors (Lipinski definition) is 4. The fourth-order valence-corrected chi connectivity index (χ4v) is 6.32. The van der Waals surface area contributed by atoms with Crippen LogP contribution >= 0.6 is 0 Å². The van der Waals surface area contributed by atoms with Crippen molar-refractivity contribution >= 4 is 23.3 Å². The molecule has 0 radical (unpaired) electrons. The van der Waals surface area contributed by atoms with E-state index < -0.39 is 16.1 Å². The number of rotatable bonds is 10. The molecule has 0 aliphatic heterocycles. The van der Waals surface area contributed by atoms with Gasteiger partial charge in [0.1, 0.15) is 7.85 Å². The van der Waals surface area contributed by atoms with Crippen LogP contribution in [0, 0.1) is 5.92 Å². The summed E-state index contributed by atoms with van der Waals surface area (Å²) in [6, 6.07) is 14.1. The predicted molar refractivity (Wildman–Crippen MR) is 134 cm³/mol. The van der Waals surface area contributed by atoms with Crippen molar-refractivity contribution in [1.29, 1.82) is 0 Å². The van der Waals surface area contributed by atoms with E-state index in [1.165, 1.54) is 15.4 Å². The number of benzene rings is 2. The predicted octanol–water partition coefficient (Wildman–Crippen LogP) is 1.66. The monoisotopic (exact) mass is 456 g/mol. The van der Waals surface area contributed by atoms with E-state index in [0.717, 1.165) is 30.3 Å². The van der Waals surface area contributed by atoms with Crippen LogP contribution in [0.25, 0.3) is 0 Å². The Labute approximate surface area is 194 Å². The van der Waals surface area contributed by atoms with E-state index in [1.807, 2.05) is 26.9 Å². The van der Waals surface area contributed by atoms with Gasteiger partial charge < -0.3 is 10.4 Å². The summed E-state index contributed by atoms with van der Waals surface area (Å²) >= 11 is 0. The highest BCUT2D eigenvalue weighted by Crippen LogP contribution is 2.31. The number of aryl methyl sites for hydroxylation is 1. The summed E-state index contributed by atoms with van der Waals surface area (Å²) in [5.74, 6) is 0.587. The molecule has 1 aliphatic rings. The van der Waals surface area contributed by atoms with Crippen molar-refractivity contribution in [2.75, 3.05) is 20.1 Å². The maximum atomic E-state index is 13.1. The lowest BCUT2D eigenvalue weighted by Gasteiger charge is -2.31. The topological polar surface area (TPSA) is 69.6 Å². The zero-order chi connectivity index (χ0) is 23.5. The third-order valence-corrected chi connectivity index (χ3v) is 8.43. The van der Waals surface area contributed by atoms with Crippen molar-refractivity contribution in [3.05, 3.63) is 59.2 Å². The van der Waals surface area contributed by atoms with Crippen molar-refractivity contribution in [3.63, 3.8) is 0 Å². The second-order valence-corrected chi connectivity index (χ2v) is 11.9. The Kier molecular flexibility index (Phi) is 7.87. The van der Waals surface area contributed by atoms with E-state index in [4.69, 9.17) is 0 Å². The van der Waals surface area contributed by atoms with Gasteiger partial charge in [-0.25, -0.2) is 8.42 Å². The molecule has 1 aliphatic carbocycles. The van der Waals surface area contributed by atoms with E-state index in [1.54, 1.807) is 13.1 Å². The van der Waals surface area contributed by atoms with Gasteiger partial charge in [0.25, 0.3) is 0 Å². The van der Waals surface area contributed by atoms with Crippen molar-refractivity contribution in [2.45, 2.75) is 63.0 Å². The van der Waals surface area contributed by atoms with Gasteiger partial charge in [-0.3, -0.25) is 0 Å². The van der Waals surface area contributed by atoms with E-state index >= 15 is 0 Å². The first-order valence-corrected chi connectivity index (χ1v) is 13.0. The summed E-state index contributed by atoms with van der Waals surface area (Å²) in [7, 11) is -0.152. The number of fused-ring (bicyclic) bond motifs is 1. The highest BCUT2D eigenvalue weighted by Gasteiger charge is 2.29. The van der Waals surface area contributed by atoms with Gasteiger partial charge in [0.05, 0.1) is 11.0 Å². The first-order chi connectivity index (χ1) is 15.0. The second kappa shape index (κ2) is 10.1. The van der Waals surface area contributed by atoms with Gasteiger partial charge in [0.2, 0.25) is 10.0 Å². The highest BCUT2D eigenvalue weighted by atomic mass is 32.2. The van der Waals surface area contributed by atoms with Crippen molar-refractivity contribution < 1.29 is 13.5 Å². The van der Waals surface area contributed by atoms with Crippen molar-refractivity contribution in [2.24, 2.45) is 5.92 Å². The summed E-state index contributed by atoms with van der Waals surface area (Å²) in [4.78, 5) is 0.328. The van der Waals surface area contributed by atoms with Gasteiger partial charge in [-0.1, -0.05) is 48.8 Å².